The molecule has 2 rings (SSSR count). The van der Waals surface area contributed by atoms with Crippen LogP contribution in [0, 0.1) is 5.41 Å². The van der Waals surface area contributed by atoms with E-state index in [1.807, 2.05) is 6.92 Å². The minimum absolute atomic E-state index is 0.104. The van der Waals surface area contributed by atoms with E-state index in [1.54, 1.807) is 36.5 Å². The van der Waals surface area contributed by atoms with Gasteiger partial charge in [0.1, 0.15) is 5.84 Å². The zero-order valence-corrected chi connectivity index (χ0v) is 12.6. The summed E-state index contributed by atoms with van der Waals surface area (Å²) in [5.74, 6) is -0.176. The SMILES string of the molecule is CCCN(CC(=N)N)S(=O)(=O)c1cccc2ncccc12. The third-order valence-electron chi connectivity index (χ3n) is 3.04. The molecule has 0 atom stereocenters. The Labute approximate surface area is 124 Å². The predicted octanol–water partition coefficient (Wildman–Crippen LogP) is 1.57. The van der Waals surface area contributed by atoms with Gasteiger partial charge in [0.15, 0.2) is 0 Å². The number of hydrogen-bond acceptors (Lipinski definition) is 4. The van der Waals surface area contributed by atoms with Crippen molar-refractivity contribution >= 4 is 26.8 Å². The highest BCUT2D eigenvalue weighted by Crippen LogP contribution is 2.24. The number of rotatable bonds is 6. The molecule has 0 unspecified atom stereocenters. The predicted molar refractivity (Wildman–Crippen MR) is 82.7 cm³/mol. The average molecular weight is 306 g/mol. The number of sulfonamides is 1. The van der Waals surface area contributed by atoms with E-state index in [0.717, 1.165) is 0 Å². The first-order valence-electron chi connectivity index (χ1n) is 6.63. The van der Waals surface area contributed by atoms with Gasteiger partial charge in [-0.15, -0.1) is 0 Å². The third kappa shape index (κ3) is 3.20. The molecule has 112 valence electrons. The Hall–Kier alpha value is -1.99. The number of amidine groups is 1. The molecule has 1 aromatic carbocycles. The van der Waals surface area contributed by atoms with Gasteiger partial charge in [0, 0.05) is 18.1 Å². The van der Waals surface area contributed by atoms with Gasteiger partial charge in [0.25, 0.3) is 0 Å². The monoisotopic (exact) mass is 306 g/mol. The standard InChI is InChI=1S/C14H18N4O2S/c1-2-9-18(10-14(15)16)21(19,20)13-7-3-6-12-11(13)5-4-8-17-12/h3-8H,2,9-10H2,1H3,(H3,15,16). The third-order valence-corrected chi connectivity index (χ3v) is 4.95. The molecule has 6 nitrogen and oxygen atoms in total. The van der Waals surface area contributed by atoms with Gasteiger partial charge >= 0.3 is 0 Å². The van der Waals surface area contributed by atoms with Crippen LogP contribution in [0.1, 0.15) is 13.3 Å². The highest BCUT2D eigenvalue weighted by molar-refractivity contribution is 7.89. The topological polar surface area (TPSA) is 100 Å². The Morgan fingerprint density at radius 2 is 2.10 bits per heavy atom. The van der Waals surface area contributed by atoms with Crippen molar-refractivity contribution in [3.8, 4) is 0 Å². The lowest BCUT2D eigenvalue weighted by molar-refractivity contribution is 0.448. The molecule has 0 spiro atoms. The molecule has 0 aliphatic heterocycles. The molecule has 21 heavy (non-hydrogen) atoms. The molecule has 0 aliphatic rings. The van der Waals surface area contributed by atoms with Gasteiger partial charge in [0.2, 0.25) is 10.0 Å². The Morgan fingerprint density at radius 3 is 2.76 bits per heavy atom. The summed E-state index contributed by atoms with van der Waals surface area (Å²) in [6.45, 7) is 2.10. The number of fused-ring (bicyclic) bond motifs is 1. The van der Waals surface area contributed by atoms with Gasteiger partial charge in [-0.25, -0.2) is 8.42 Å². The maximum atomic E-state index is 12.8. The zero-order valence-electron chi connectivity index (χ0n) is 11.8. The van der Waals surface area contributed by atoms with Crippen molar-refractivity contribution < 1.29 is 8.42 Å². The fraction of sp³-hybridized carbons (Fsp3) is 0.286. The van der Waals surface area contributed by atoms with Gasteiger partial charge in [-0.05, 0) is 30.7 Å². The Kier molecular flexibility index (Phi) is 4.54. The molecular weight excluding hydrogens is 288 g/mol. The van der Waals surface area contributed by atoms with E-state index >= 15 is 0 Å². The second kappa shape index (κ2) is 6.19. The van der Waals surface area contributed by atoms with Gasteiger partial charge in [-0.1, -0.05) is 13.0 Å². The van der Waals surface area contributed by atoms with Crippen LogP contribution in [0.3, 0.4) is 0 Å². The van der Waals surface area contributed by atoms with Crippen molar-refractivity contribution in [2.75, 3.05) is 13.1 Å². The lowest BCUT2D eigenvalue weighted by Crippen LogP contribution is -2.38. The fourth-order valence-electron chi connectivity index (χ4n) is 2.16. The summed E-state index contributed by atoms with van der Waals surface area (Å²) in [7, 11) is -3.71. The number of aromatic nitrogens is 1. The van der Waals surface area contributed by atoms with Crippen LogP contribution in [0.5, 0.6) is 0 Å². The van der Waals surface area contributed by atoms with Crippen molar-refractivity contribution in [1.29, 1.82) is 5.41 Å². The normalized spacial score (nSPS) is 11.9. The van der Waals surface area contributed by atoms with Crippen LogP contribution in [0.25, 0.3) is 10.9 Å². The van der Waals surface area contributed by atoms with E-state index in [4.69, 9.17) is 11.1 Å². The van der Waals surface area contributed by atoms with E-state index < -0.39 is 10.0 Å². The molecule has 0 saturated heterocycles. The van der Waals surface area contributed by atoms with Crippen LogP contribution in [0.15, 0.2) is 41.4 Å². The van der Waals surface area contributed by atoms with Crippen molar-refractivity contribution in [3.63, 3.8) is 0 Å². The molecule has 3 N–H and O–H groups in total. The van der Waals surface area contributed by atoms with Crippen LogP contribution in [-0.4, -0.2) is 36.6 Å². The number of nitrogens with one attached hydrogen (secondary N) is 1. The van der Waals surface area contributed by atoms with E-state index in [-0.39, 0.29) is 17.3 Å². The van der Waals surface area contributed by atoms with Crippen LogP contribution < -0.4 is 5.73 Å². The first kappa shape index (κ1) is 15.4. The second-order valence-electron chi connectivity index (χ2n) is 4.69. The Bertz CT molecular complexity index is 753. The number of nitrogens with zero attached hydrogens (tertiary/aromatic N) is 2. The molecule has 7 heteroatoms. The molecule has 0 radical (unpaired) electrons. The highest BCUT2D eigenvalue weighted by atomic mass is 32.2. The smallest absolute Gasteiger partial charge is 0.244 e. The first-order valence-corrected chi connectivity index (χ1v) is 8.07. The van der Waals surface area contributed by atoms with E-state index in [0.29, 0.717) is 23.9 Å². The van der Waals surface area contributed by atoms with Gasteiger partial charge < -0.3 is 5.73 Å². The number of hydrogen-bond donors (Lipinski definition) is 2. The van der Waals surface area contributed by atoms with Gasteiger partial charge in [-0.2, -0.15) is 4.31 Å². The largest absolute Gasteiger partial charge is 0.387 e. The maximum Gasteiger partial charge on any atom is 0.244 e. The zero-order chi connectivity index (χ0) is 15.5. The minimum Gasteiger partial charge on any atom is -0.387 e. The molecule has 0 amide bonds. The lowest BCUT2D eigenvalue weighted by Gasteiger charge is -2.21. The molecule has 2 aromatic rings. The van der Waals surface area contributed by atoms with Crippen LogP contribution >= 0.6 is 0 Å². The van der Waals surface area contributed by atoms with Crippen LogP contribution in [-0.2, 0) is 10.0 Å². The van der Waals surface area contributed by atoms with Crippen molar-refractivity contribution in [2.45, 2.75) is 18.2 Å². The minimum atomic E-state index is -3.71. The van der Waals surface area contributed by atoms with Crippen molar-refractivity contribution in [3.05, 3.63) is 36.5 Å². The van der Waals surface area contributed by atoms with E-state index in [2.05, 4.69) is 4.98 Å². The van der Waals surface area contributed by atoms with Gasteiger partial charge in [0.05, 0.1) is 17.0 Å². The molecular formula is C14H18N4O2S. The number of nitrogens with two attached hydrogens (primary N) is 1. The maximum absolute atomic E-state index is 12.8. The molecule has 0 bridgehead atoms. The highest BCUT2D eigenvalue weighted by Gasteiger charge is 2.26. The second-order valence-corrected chi connectivity index (χ2v) is 6.60. The van der Waals surface area contributed by atoms with E-state index in [1.165, 1.54) is 4.31 Å². The first-order chi connectivity index (χ1) is 9.96. The van der Waals surface area contributed by atoms with Crippen molar-refractivity contribution in [2.24, 2.45) is 5.73 Å². The summed E-state index contributed by atoms with van der Waals surface area (Å²) in [5, 5.41) is 7.94. The average Bonchev–Trinajstić information content (AvgIpc) is 2.45. The molecule has 0 aliphatic carbocycles. The lowest BCUT2D eigenvalue weighted by atomic mass is 10.2. The van der Waals surface area contributed by atoms with Crippen LogP contribution in [0.2, 0.25) is 0 Å². The Balaban J connectivity index is 2.56. The van der Waals surface area contributed by atoms with E-state index in [9.17, 15) is 8.42 Å². The summed E-state index contributed by atoms with van der Waals surface area (Å²) < 4.78 is 26.9. The molecule has 1 heterocycles. The summed E-state index contributed by atoms with van der Waals surface area (Å²) in [4.78, 5) is 4.37. The number of benzene rings is 1. The van der Waals surface area contributed by atoms with Crippen LogP contribution in [0.4, 0.5) is 0 Å². The summed E-state index contributed by atoms with van der Waals surface area (Å²) in [6, 6.07) is 8.43. The fourth-order valence-corrected chi connectivity index (χ4v) is 3.87. The van der Waals surface area contributed by atoms with Gasteiger partial charge in [-0.3, -0.25) is 10.4 Å². The molecule has 0 saturated carbocycles. The quantitative estimate of drug-likeness (QED) is 0.625. The molecule has 0 fully saturated rings. The van der Waals surface area contributed by atoms with Crippen molar-refractivity contribution in [1.82, 2.24) is 9.29 Å². The Morgan fingerprint density at radius 1 is 1.33 bits per heavy atom. The summed E-state index contributed by atoms with van der Waals surface area (Å²) in [6.07, 6.45) is 2.27. The number of pyridine rings is 1. The molecule has 1 aromatic heterocycles. The summed E-state index contributed by atoms with van der Waals surface area (Å²) >= 11 is 0. The summed E-state index contributed by atoms with van der Waals surface area (Å²) in [5.41, 5.74) is 6.00.